The van der Waals surface area contributed by atoms with Crippen LogP contribution in [0.25, 0.3) is 11.6 Å². The highest BCUT2D eigenvalue weighted by Crippen LogP contribution is 2.23. The lowest BCUT2D eigenvalue weighted by atomic mass is 10.0. The van der Waals surface area contributed by atoms with Gasteiger partial charge in [-0.05, 0) is 24.1 Å². The SMILES string of the molecule is CC(C)c1nn2ccccc2c1/C=C/C(=O)N(C)C. The van der Waals surface area contributed by atoms with Crippen LogP contribution in [-0.2, 0) is 4.79 Å². The molecule has 100 valence electrons. The molecule has 0 radical (unpaired) electrons. The van der Waals surface area contributed by atoms with E-state index in [-0.39, 0.29) is 5.91 Å². The first kappa shape index (κ1) is 13.3. The highest BCUT2D eigenvalue weighted by Gasteiger charge is 2.13. The molecule has 0 aromatic carbocycles. The Morgan fingerprint density at radius 2 is 2.11 bits per heavy atom. The fraction of sp³-hybridized carbons (Fsp3) is 0.333. The Hall–Kier alpha value is -2.10. The van der Waals surface area contributed by atoms with Crippen molar-refractivity contribution < 1.29 is 4.79 Å². The molecule has 0 bridgehead atoms. The highest BCUT2D eigenvalue weighted by molar-refractivity contribution is 5.93. The van der Waals surface area contributed by atoms with E-state index in [1.54, 1.807) is 25.1 Å². The Balaban J connectivity index is 2.51. The lowest BCUT2D eigenvalue weighted by Crippen LogP contribution is -2.18. The van der Waals surface area contributed by atoms with E-state index < -0.39 is 0 Å². The Labute approximate surface area is 113 Å². The molecule has 2 rings (SSSR count). The number of amides is 1. The van der Waals surface area contributed by atoms with Gasteiger partial charge in [0.15, 0.2) is 0 Å². The summed E-state index contributed by atoms with van der Waals surface area (Å²) in [6.07, 6.45) is 5.38. The molecule has 0 fully saturated rings. The third kappa shape index (κ3) is 2.67. The summed E-state index contributed by atoms with van der Waals surface area (Å²) in [7, 11) is 3.48. The van der Waals surface area contributed by atoms with Crippen LogP contribution in [0.3, 0.4) is 0 Å². The first-order valence-electron chi connectivity index (χ1n) is 6.37. The molecule has 4 nitrogen and oxygen atoms in total. The maximum Gasteiger partial charge on any atom is 0.246 e. The van der Waals surface area contributed by atoms with Gasteiger partial charge in [-0.2, -0.15) is 5.10 Å². The zero-order valence-corrected chi connectivity index (χ0v) is 11.8. The molecule has 4 heteroatoms. The van der Waals surface area contributed by atoms with Gasteiger partial charge in [0.2, 0.25) is 5.91 Å². The van der Waals surface area contributed by atoms with Gasteiger partial charge in [0.05, 0.1) is 11.2 Å². The summed E-state index contributed by atoms with van der Waals surface area (Å²) in [5.41, 5.74) is 3.05. The van der Waals surface area contributed by atoms with Crippen LogP contribution >= 0.6 is 0 Å². The lowest BCUT2D eigenvalue weighted by Gasteiger charge is -2.05. The van der Waals surface area contributed by atoms with E-state index in [2.05, 4.69) is 18.9 Å². The van der Waals surface area contributed by atoms with E-state index >= 15 is 0 Å². The number of pyridine rings is 1. The first-order chi connectivity index (χ1) is 9.00. The number of carbonyl (C=O) groups is 1. The van der Waals surface area contributed by atoms with Gasteiger partial charge in [-0.15, -0.1) is 0 Å². The van der Waals surface area contributed by atoms with Crippen molar-refractivity contribution in [1.29, 1.82) is 0 Å². The molecule has 0 N–H and O–H groups in total. The van der Waals surface area contributed by atoms with Crippen molar-refractivity contribution in [2.75, 3.05) is 14.1 Å². The average Bonchev–Trinajstić information content (AvgIpc) is 2.74. The summed E-state index contributed by atoms with van der Waals surface area (Å²) >= 11 is 0. The van der Waals surface area contributed by atoms with Gasteiger partial charge in [0.25, 0.3) is 0 Å². The minimum absolute atomic E-state index is 0.0232. The second kappa shape index (κ2) is 5.26. The minimum atomic E-state index is -0.0232. The van der Waals surface area contributed by atoms with Crippen molar-refractivity contribution in [3.8, 4) is 0 Å². The van der Waals surface area contributed by atoms with Gasteiger partial charge in [0.1, 0.15) is 0 Å². The number of hydrogen-bond donors (Lipinski definition) is 0. The van der Waals surface area contributed by atoms with E-state index in [1.807, 2.05) is 35.0 Å². The molecule has 0 aliphatic rings. The Morgan fingerprint density at radius 1 is 1.37 bits per heavy atom. The van der Waals surface area contributed by atoms with Crippen LogP contribution in [0.5, 0.6) is 0 Å². The van der Waals surface area contributed by atoms with Gasteiger partial charge >= 0.3 is 0 Å². The normalized spacial score (nSPS) is 11.6. The lowest BCUT2D eigenvalue weighted by molar-refractivity contribution is -0.123. The minimum Gasteiger partial charge on any atom is -0.345 e. The molecule has 2 heterocycles. The number of aromatic nitrogens is 2. The van der Waals surface area contributed by atoms with Crippen LogP contribution in [-0.4, -0.2) is 34.5 Å². The van der Waals surface area contributed by atoms with E-state index in [4.69, 9.17) is 0 Å². The molecular formula is C15H19N3O. The zero-order chi connectivity index (χ0) is 14.0. The summed E-state index contributed by atoms with van der Waals surface area (Å²) in [5.74, 6) is 0.291. The first-order valence-corrected chi connectivity index (χ1v) is 6.37. The average molecular weight is 257 g/mol. The second-order valence-electron chi connectivity index (χ2n) is 5.05. The quantitative estimate of drug-likeness (QED) is 0.792. The Morgan fingerprint density at radius 3 is 2.74 bits per heavy atom. The van der Waals surface area contributed by atoms with E-state index in [1.165, 1.54) is 0 Å². The topological polar surface area (TPSA) is 37.6 Å². The number of hydrogen-bond acceptors (Lipinski definition) is 2. The molecule has 0 saturated carbocycles. The van der Waals surface area contributed by atoms with Crippen molar-refractivity contribution in [3.05, 3.63) is 41.7 Å². The summed E-state index contributed by atoms with van der Waals surface area (Å²) in [5, 5.41) is 4.58. The molecular weight excluding hydrogens is 238 g/mol. The third-order valence-corrected chi connectivity index (χ3v) is 2.99. The van der Waals surface area contributed by atoms with E-state index in [0.29, 0.717) is 5.92 Å². The molecule has 0 atom stereocenters. The fourth-order valence-electron chi connectivity index (χ4n) is 1.94. The number of likely N-dealkylation sites (N-methyl/N-ethyl adjacent to an activating group) is 1. The number of nitrogens with zero attached hydrogens (tertiary/aromatic N) is 3. The van der Waals surface area contributed by atoms with E-state index in [0.717, 1.165) is 16.8 Å². The molecule has 1 amide bonds. The molecule has 19 heavy (non-hydrogen) atoms. The van der Waals surface area contributed by atoms with Crippen LogP contribution in [0, 0.1) is 0 Å². The Kier molecular flexibility index (Phi) is 3.69. The smallest absolute Gasteiger partial charge is 0.246 e. The van der Waals surface area contributed by atoms with E-state index in [9.17, 15) is 4.79 Å². The van der Waals surface area contributed by atoms with Crippen LogP contribution in [0.1, 0.15) is 31.0 Å². The maximum absolute atomic E-state index is 11.7. The Bertz CT molecular complexity index is 623. The van der Waals surface area contributed by atoms with Crippen molar-refractivity contribution in [3.63, 3.8) is 0 Å². The van der Waals surface area contributed by atoms with Crippen LogP contribution in [0.2, 0.25) is 0 Å². The van der Waals surface area contributed by atoms with Crippen LogP contribution < -0.4 is 0 Å². The van der Waals surface area contributed by atoms with Gasteiger partial charge in [0, 0.05) is 31.9 Å². The van der Waals surface area contributed by atoms with Gasteiger partial charge in [-0.25, -0.2) is 4.52 Å². The van der Waals surface area contributed by atoms with Crippen molar-refractivity contribution in [1.82, 2.24) is 14.5 Å². The monoisotopic (exact) mass is 257 g/mol. The largest absolute Gasteiger partial charge is 0.345 e. The maximum atomic E-state index is 11.7. The van der Waals surface area contributed by atoms with Crippen molar-refractivity contribution >= 4 is 17.5 Å². The van der Waals surface area contributed by atoms with Gasteiger partial charge < -0.3 is 4.90 Å². The highest BCUT2D eigenvalue weighted by atomic mass is 16.2. The molecule has 0 spiro atoms. The summed E-state index contributed by atoms with van der Waals surface area (Å²) in [6, 6.07) is 5.94. The standard InChI is InChI=1S/C15H19N3O/c1-11(2)15-12(8-9-14(19)17(3)4)13-7-5-6-10-18(13)16-15/h5-11H,1-4H3/b9-8+. The zero-order valence-electron chi connectivity index (χ0n) is 11.8. The summed E-state index contributed by atoms with van der Waals surface area (Å²) in [6.45, 7) is 4.21. The number of carbonyl (C=O) groups excluding carboxylic acids is 1. The van der Waals surface area contributed by atoms with Gasteiger partial charge in [-0.1, -0.05) is 19.9 Å². The third-order valence-electron chi connectivity index (χ3n) is 2.99. The summed E-state index contributed by atoms with van der Waals surface area (Å²) in [4.78, 5) is 13.2. The molecule has 0 aliphatic heterocycles. The number of rotatable bonds is 3. The van der Waals surface area contributed by atoms with Gasteiger partial charge in [-0.3, -0.25) is 4.79 Å². The fourth-order valence-corrected chi connectivity index (χ4v) is 1.94. The molecule has 0 saturated heterocycles. The summed E-state index contributed by atoms with van der Waals surface area (Å²) < 4.78 is 1.86. The second-order valence-corrected chi connectivity index (χ2v) is 5.05. The predicted molar refractivity (Wildman–Crippen MR) is 77.0 cm³/mol. The predicted octanol–water partition coefficient (Wildman–Crippen LogP) is 2.56. The molecule has 2 aromatic rings. The van der Waals surface area contributed by atoms with Crippen LogP contribution in [0.15, 0.2) is 30.5 Å². The molecule has 0 unspecified atom stereocenters. The van der Waals surface area contributed by atoms with Crippen molar-refractivity contribution in [2.45, 2.75) is 19.8 Å². The number of fused-ring (bicyclic) bond motifs is 1. The van der Waals surface area contributed by atoms with Crippen molar-refractivity contribution in [2.24, 2.45) is 0 Å². The van der Waals surface area contributed by atoms with Crippen LogP contribution in [0.4, 0.5) is 0 Å². The molecule has 2 aromatic heterocycles. The molecule has 0 aliphatic carbocycles.